The molecule has 0 saturated carbocycles. The fourth-order valence-corrected chi connectivity index (χ4v) is 3.53. The van der Waals surface area contributed by atoms with E-state index < -0.39 is 17.4 Å². The van der Waals surface area contributed by atoms with Crippen LogP contribution in [0.15, 0.2) is 84.9 Å². The van der Waals surface area contributed by atoms with Crippen LogP contribution in [-0.4, -0.2) is 23.0 Å². The maximum absolute atomic E-state index is 13.5. The molecular formula is C25H25NO3. The number of hydrogen-bond acceptors (Lipinski definition) is 2. The lowest BCUT2D eigenvalue weighted by Gasteiger charge is -2.31. The Bertz CT molecular complexity index is 944. The number of carbonyl (C=O) groups excluding carboxylic acids is 1. The number of carbonyl (C=O) groups is 2. The molecule has 0 aliphatic heterocycles. The summed E-state index contributed by atoms with van der Waals surface area (Å²) in [6.45, 7) is 3.77. The van der Waals surface area contributed by atoms with Gasteiger partial charge in [0, 0.05) is 6.42 Å². The summed E-state index contributed by atoms with van der Waals surface area (Å²) in [5.41, 5.74) is 2.51. The first-order chi connectivity index (χ1) is 13.9. The highest BCUT2D eigenvalue weighted by atomic mass is 16.4. The highest BCUT2D eigenvalue weighted by Gasteiger charge is 2.39. The summed E-state index contributed by atoms with van der Waals surface area (Å²) in [6, 6.07) is 25.5. The van der Waals surface area contributed by atoms with Gasteiger partial charge in [0.15, 0.2) is 0 Å². The molecule has 0 saturated heterocycles. The third-order valence-electron chi connectivity index (χ3n) is 5.45. The number of rotatable bonds is 7. The van der Waals surface area contributed by atoms with Crippen LogP contribution in [-0.2, 0) is 21.4 Å². The number of amides is 1. The molecule has 0 heterocycles. The minimum Gasteiger partial charge on any atom is -0.480 e. The molecule has 0 radical (unpaired) electrons. The Kier molecular flexibility index (Phi) is 6.13. The van der Waals surface area contributed by atoms with Crippen LogP contribution in [0.4, 0.5) is 0 Å². The number of carboxylic acids is 1. The van der Waals surface area contributed by atoms with Gasteiger partial charge in [-0.15, -0.1) is 0 Å². The van der Waals surface area contributed by atoms with Crippen molar-refractivity contribution in [3.8, 4) is 0 Å². The van der Waals surface area contributed by atoms with E-state index in [1.165, 1.54) is 0 Å². The van der Waals surface area contributed by atoms with Crippen LogP contribution in [0.1, 0.15) is 29.2 Å². The van der Waals surface area contributed by atoms with Gasteiger partial charge in [0.25, 0.3) is 0 Å². The standard InChI is InChI=1S/C25H25NO3/c1-18-11-9-10-12-19(18)17-22(23(27)28)26-24(29)25(2,20-13-5-3-6-14-20)21-15-7-4-8-16-21/h3-16,22H,17H2,1-2H3,(H,26,29)(H,27,28)/t22-/m0/s1. The van der Waals surface area contributed by atoms with Gasteiger partial charge >= 0.3 is 5.97 Å². The summed E-state index contributed by atoms with van der Waals surface area (Å²) in [4.78, 5) is 25.4. The normalized spacial score (nSPS) is 12.2. The van der Waals surface area contributed by atoms with Crippen molar-refractivity contribution in [3.05, 3.63) is 107 Å². The summed E-state index contributed by atoms with van der Waals surface area (Å²) >= 11 is 0. The third kappa shape index (κ3) is 4.37. The molecular weight excluding hydrogens is 362 g/mol. The molecule has 29 heavy (non-hydrogen) atoms. The molecule has 0 unspecified atom stereocenters. The smallest absolute Gasteiger partial charge is 0.326 e. The van der Waals surface area contributed by atoms with E-state index in [0.29, 0.717) is 0 Å². The van der Waals surface area contributed by atoms with Crippen molar-refractivity contribution in [2.75, 3.05) is 0 Å². The minimum atomic E-state index is -1.05. The zero-order valence-electron chi connectivity index (χ0n) is 16.6. The summed E-state index contributed by atoms with van der Waals surface area (Å²) < 4.78 is 0. The van der Waals surface area contributed by atoms with E-state index in [1.807, 2.05) is 98.8 Å². The van der Waals surface area contributed by atoms with E-state index in [2.05, 4.69) is 5.32 Å². The van der Waals surface area contributed by atoms with E-state index in [1.54, 1.807) is 0 Å². The summed E-state index contributed by atoms with van der Waals surface area (Å²) in [7, 11) is 0. The monoisotopic (exact) mass is 387 g/mol. The van der Waals surface area contributed by atoms with E-state index in [0.717, 1.165) is 22.3 Å². The molecule has 0 aliphatic carbocycles. The lowest BCUT2D eigenvalue weighted by molar-refractivity contribution is -0.142. The number of benzene rings is 3. The highest BCUT2D eigenvalue weighted by Crippen LogP contribution is 2.32. The lowest BCUT2D eigenvalue weighted by atomic mass is 9.75. The molecule has 2 N–H and O–H groups in total. The largest absolute Gasteiger partial charge is 0.480 e. The van der Waals surface area contributed by atoms with Crippen molar-refractivity contribution in [3.63, 3.8) is 0 Å². The molecule has 3 aromatic rings. The quantitative estimate of drug-likeness (QED) is 0.641. The van der Waals surface area contributed by atoms with Gasteiger partial charge in [-0.25, -0.2) is 4.79 Å². The van der Waals surface area contributed by atoms with Crippen molar-refractivity contribution in [2.24, 2.45) is 0 Å². The average Bonchev–Trinajstić information content (AvgIpc) is 2.75. The third-order valence-corrected chi connectivity index (χ3v) is 5.45. The first kappa shape index (κ1) is 20.3. The Labute approximate surface area is 171 Å². The zero-order chi connectivity index (χ0) is 20.9. The van der Waals surface area contributed by atoms with Crippen molar-refractivity contribution in [1.82, 2.24) is 5.32 Å². The molecule has 4 nitrogen and oxygen atoms in total. The van der Waals surface area contributed by atoms with E-state index in [4.69, 9.17) is 0 Å². The van der Waals surface area contributed by atoms with Gasteiger partial charge in [-0.2, -0.15) is 0 Å². The number of carboxylic acid groups (broad SMARTS) is 1. The van der Waals surface area contributed by atoms with Crippen LogP contribution < -0.4 is 5.32 Å². The Morgan fingerprint density at radius 3 is 1.83 bits per heavy atom. The second-order valence-electron chi connectivity index (χ2n) is 7.35. The van der Waals surface area contributed by atoms with Crippen molar-refractivity contribution < 1.29 is 14.7 Å². The minimum absolute atomic E-state index is 0.230. The van der Waals surface area contributed by atoms with Gasteiger partial charge < -0.3 is 10.4 Å². The van der Waals surface area contributed by atoms with Crippen molar-refractivity contribution in [2.45, 2.75) is 31.7 Å². The van der Waals surface area contributed by atoms with Gasteiger partial charge in [0.05, 0.1) is 5.41 Å². The molecule has 0 bridgehead atoms. The summed E-state index contributed by atoms with van der Waals surface area (Å²) in [6.07, 6.45) is 0.230. The summed E-state index contributed by atoms with van der Waals surface area (Å²) in [5.74, 6) is -1.39. The SMILES string of the molecule is Cc1ccccc1C[C@H](NC(=O)C(C)(c1ccccc1)c1ccccc1)C(=O)O. The van der Waals surface area contributed by atoms with Crippen LogP contribution in [0.5, 0.6) is 0 Å². The Morgan fingerprint density at radius 1 is 0.862 bits per heavy atom. The van der Waals surface area contributed by atoms with Gasteiger partial charge in [-0.05, 0) is 36.1 Å². The van der Waals surface area contributed by atoms with Gasteiger partial charge in [0.2, 0.25) is 5.91 Å². The molecule has 0 aromatic heterocycles. The topological polar surface area (TPSA) is 66.4 Å². The molecule has 1 atom stereocenters. The van der Waals surface area contributed by atoms with Crippen LogP contribution >= 0.6 is 0 Å². The van der Waals surface area contributed by atoms with E-state index >= 15 is 0 Å². The Morgan fingerprint density at radius 2 is 1.34 bits per heavy atom. The van der Waals surface area contributed by atoms with Crippen LogP contribution in [0.3, 0.4) is 0 Å². The van der Waals surface area contributed by atoms with Gasteiger partial charge in [-0.3, -0.25) is 4.79 Å². The molecule has 4 heteroatoms. The molecule has 3 aromatic carbocycles. The second-order valence-corrected chi connectivity index (χ2v) is 7.35. The Hall–Kier alpha value is -3.40. The number of aliphatic carboxylic acids is 1. The van der Waals surface area contributed by atoms with E-state index in [9.17, 15) is 14.7 Å². The fourth-order valence-electron chi connectivity index (χ4n) is 3.53. The van der Waals surface area contributed by atoms with E-state index in [-0.39, 0.29) is 12.3 Å². The predicted octanol–water partition coefficient (Wildman–Crippen LogP) is 4.11. The zero-order valence-corrected chi connectivity index (χ0v) is 16.6. The maximum atomic E-state index is 13.5. The average molecular weight is 387 g/mol. The molecule has 3 rings (SSSR count). The number of aryl methyl sites for hydroxylation is 1. The van der Waals surface area contributed by atoms with Crippen LogP contribution in [0.2, 0.25) is 0 Å². The van der Waals surface area contributed by atoms with Gasteiger partial charge in [-0.1, -0.05) is 84.9 Å². The molecule has 0 spiro atoms. The molecule has 1 amide bonds. The second kappa shape index (κ2) is 8.74. The molecule has 0 aliphatic rings. The first-order valence-electron chi connectivity index (χ1n) is 9.62. The summed E-state index contributed by atoms with van der Waals surface area (Å²) in [5, 5.41) is 12.6. The predicted molar refractivity (Wildman–Crippen MR) is 114 cm³/mol. The first-order valence-corrected chi connectivity index (χ1v) is 9.62. The number of hydrogen-bond donors (Lipinski definition) is 2. The fraction of sp³-hybridized carbons (Fsp3) is 0.200. The Balaban J connectivity index is 1.95. The maximum Gasteiger partial charge on any atom is 0.326 e. The number of nitrogens with one attached hydrogen (secondary N) is 1. The molecule has 0 fully saturated rings. The van der Waals surface area contributed by atoms with Crippen LogP contribution in [0.25, 0.3) is 0 Å². The molecule has 148 valence electrons. The highest BCUT2D eigenvalue weighted by molar-refractivity contribution is 5.94. The van der Waals surface area contributed by atoms with Crippen LogP contribution in [0, 0.1) is 6.92 Å². The lowest BCUT2D eigenvalue weighted by Crippen LogP contribution is -2.50. The van der Waals surface area contributed by atoms with Crippen molar-refractivity contribution >= 4 is 11.9 Å². The van der Waals surface area contributed by atoms with Crippen molar-refractivity contribution in [1.29, 1.82) is 0 Å². The van der Waals surface area contributed by atoms with Gasteiger partial charge in [0.1, 0.15) is 6.04 Å².